The molecule has 0 aliphatic heterocycles. The van der Waals surface area contributed by atoms with E-state index < -0.39 is 191 Å². The summed E-state index contributed by atoms with van der Waals surface area (Å²) < 4.78 is 5.45. The molecular formula is C70H127N37O15S. The molecule has 0 saturated carbocycles. The van der Waals surface area contributed by atoms with Crippen LogP contribution in [0.3, 0.4) is 0 Å². The van der Waals surface area contributed by atoms with Gasteiger partial charge in [0.1, 0.15) is 67.0 Å². The third kappa shape index (κ3) is 50.9. The number of hydrogen-bond donors (Lipinski definition) is 38. The maximum atomic E-state index is 15.1. The predicted octanol–water partition coefficient (Wildman–Crippen LogP) is -11.9. The zero-order valence-electron chi connectivity index (χ0n) is 69.1. The molecule has 0 saturated heterocycles. The second-order valence-corrected chi connectivity index (χ2v) is 28.3. The van der Waals surface area contributed by atoms with Crippen LogP contribution in [0.15, 0.2) is 24.3 Å². The normalized spacial score (nSPS) is 13.1. The van der Waals surface area contributed by atoms with Crippen LogP contribution in [-0.2, 0) is 73.5 Å². The standard InChI is InChI=1S/C70H127N37O15S/c1-37(108)40-21-19-39(20-22-40)33-49(98-52(111)35-122-32-31-88-51(110)34-97-38(2)109)62(121)106-47(17-9-29-95-69(84)85)60(119)104-45(15-7-27-93-67(80)81)58(117)102-43(13-5-25-91-65(76)77)56(115)100-41(11-3-23-89-63(72)73)54(113)99-42(12-4-24-90-64(74)75)55(114)101-44(14-6-26-92-66(78)79)57(116)103-46(16-8-28-94-68(82)83)59(118)105-48(18-10-30-96-70(86)87)61(120)107-50(36-123)53(71)112/h19-22,41-50,123H,3-18,23-36H2,1-2H3,(H2,71,112)(H,88,110)(H,97,109)(H,98,111)(H,99,113)(H,100,115)(H,101,114)(H,102,117)(H,103,116)(H,104,119)(H,105,118)(H,106,121)(H,107,120)(H4,72,73,89)(H4,74,75,90)(H4,76,77,91)(H4,78,79,92)(H4,80,81,93)(H4,82,83,94)(H4,84,85,95)(H4,86,87,96)/t41-,42-,43-,44-,45-,46-,47-,48-,49+,50-/m1/s1. The number of benzene rings is 1. The van der Waals surface area contributed by atoms with Gasteiger partial charge in [-0.1, -0.05) is 24.3 Å². The van der Waals surface area contributed by atoms with Crippen LogP contribution in [0.2, 0.25) is 0 Å². The van der Waals surface area contributed by atoms with Gasteiger partial charge >= 0.3 is 0 Å². The van der Waals surface area contributed by atoms with Gasteiger partial charge in [-0.3, -0.25) is 110 Å². The van der Waals surface area contributed by atoms with Crippen molar-refractivity contribution in [3.8, 4) is 0 Å². The molecule has 1 aromatic carbocycles. The van der Waals surface area contributed by atoms with E-state index in [1.165, 1.54) is 38.1 Å². The summed E-state index contributed by atoms with van der Waals surface area (Å²) >= 11 is 4.09. The molecule has 0 aliphatic rings. The maximum Gasteiger partial charge on any atom is 0.246 e. The largest absolute Gasteiger partial charge is 0.370 e. The fourth-order valence-electron chi connectivity index (χ4n) is 11.3. The van der Waals surface area contributed by atoms with E-state index in [0.717, 1.165) is 0 Å². The molecule has 688 valence electrons. The zero-order chi connectivity index (χ0) is 92.5. The summed E-state index contributed by atoms with van der Waals surface area (Å²) in [6.45, 7) is 1.06. The highest BCUT2D eigenvalue weighted by Gasteiger charge is 2.37. The molecule has 10 atom stereocenters. The van der Waals surface area contributed by atoms with Crippen LogP contribution in [0.25, 0.3) is 0 Å². The molecule has 0 spiro atoms. The van der Waals surface area contributed by atoms with Gasteiger partial charge < -0.3 is 163 Å². The van der Waals surface area contributed by atoms with Crippen LogP contribution in [0, 0.1) is 43.3 Å². The number of ketones is 1. The quantitative estimate of drug-likeness (QED) is 0.00947. The van der Waals surface area contributed by atoms with Gasteiger partial charge in [0, 0.05) is 83.6 Å². The van der Waals surface area contributed by atoms with Crippen molar-refractivity contribution in [3.63, 3.8) is 0 Å². The number of carbonyl (C=O) groups is 14. The highest BCUT2D eigenvalue weighted by molar-refractivity contribution is 7.80. The monoisotopic (exact) mass is 1760 g/mol. The van der Waals surface area contributed by atoms with Crippen molar-refractivity contribution >= 4 is 143 Å². The first-order chi connectivity index (χ1) is 58.1. The van der Waals surface area contributed by atoms with Crippen molar-refractivity contribution in [2.75, 3.05) is 84.4 Å². The molecule has 52 nitrogen and oxygen atoms in total. The van der Waals surface area contributed by atoms with Crippen molar-refractivity contribution < 1.29 is 71.9 Å². The highest BCUT2D eigenvalue weighted by Crippen LogP contribution is 2.14. The summed E-state index contributed by atoms with van der Waals surface area (Å²) in [5.74, 6) is -15.9. The number of hydrogen-bond acceptors (Lipinski definition) is 24. The van der Waals surface area contributed by atoms with Crippen molar-refractivity contribution in [1.82, 2.24) is 106 Å². The van der Waals surface area contributed by atoms with Gasteiger partial charge in [0.05, 0.1) is 13.2 Å². The Morgan fingerprint density at radius 3 is 0.756 bits per heavy atom. The third-order valence-corrected chi connectivity index (χ3v) is 17.9. The second-order valence-electron chi connectivity index (χ2n) is 27.9. The fraction of sp³-hybridized carbons (Fsp3) is 0.600. The van der Waals surface area contributed by atoms with E-state index >= 15 is 14.4 Å². The molecule has 0 fully saturated rings. The predicted molar refractivity (Wildman–Crippen MR) is 458 cm³/mol. The number of primary amides is 1. The van der Waals surface area contributed by atoms with E-state index in [-0.39, 0.29) is 193 Å². The minimum atomic E-state index is -1.66. The van der Waals surface area contributed by atoms with Crippen LogP contribution < -0.4 is 158 Å². The second kappa shape index (κ2) is 60.9. The lowest BCUT2D eigenvalue weighted by Crippen LogP contribution is -2.61. The number of ether oxygens (including phenoxy) is 1. The van der Waals surface area contributed by atoms with E-state index in [1.807, 2.05) is 0 Å². The Morgan fingerprint density at radius 1 is 0.309 bits per heavy atom. The Morgan fingerprint density at radius 2 is 0.545 bits per heavy atom. The number of amides is 13. The number of thiol groups is 1. The Kier molecular flexibility index (Phi) is 53.2. The Balaban J connectivity index is 4.14. The van der Waals surface area contributed by atoms with E-state index in [0.29, 0.717) is 11.1 Å². The first kappa shape index (κ1) is 107. The third-order valence-electron chi connectivity index (χ3n) is 17.5. The number of rotatable bonds is 63. The van der Waals surface area contributed by atoms with Gasteiger partial charge in [0.15, 0.2) is 53.5 Å². The minimum Gasteiger partial charge on any atom is -0.370 e. The number of guanidine groups is 8. The van der Waals surface area contributed by atoms with Crippen LogP contribution in [0.4, 0.5) is 0 Å². The number of nitrogens with one attached hydrogen (secondary N) is 28. The van der Waals surface area contributed by atoms with Gasteiger partial charge in [0.25, 0.3) is 0 Å². The molecule has 0 radical (unpaired) electrons. The van der Waals surface area contributed by atoms with E-state index in [2.05, 4.69) is 119 Å². The van der Waals surface area contributed by atoms with E-state index in [1.54, 1.807) is 0 Å². The number of carbonyl (C=O) groups excluding carboxylic acids is 14. The van der Waals surface area contributed by atoms with Gasteiger partial charge in [0.2, 0.25) is 76.8 Å². The summed E-state index contributed by atoms with van der Waals surface area (Å²) in [6.07, 6.45) is -2.15. The van der Waals surface area contributed by atoms with Gasteiger partial charge in [-0.15, -0.1) is 0 Å². The van der Waals surface area contributed by atoms with Gasteiger partial charge in [-0.2, -0.15) is 12.6 Å². The maximum absolute atomic E-state index is 15.1. The summed E-state index contributed by atoms with van der Waals surface area (Å²) in [4.78, 5) is 194. The molecule has 13 amide bonds. The molecule has 1 rings (SSSR count). The molecule has 0 bridgehead atoms. The number of Topliss-reactive ketones (excluding diaryl/α,β-unsaturated/α-hetero) is 1. The Bertz CT molecular complexity index is 3750. The fourth-order valence-corrected chi connectivity index (χ4v) is 11.6. The van der Waals surface area contributed by atoms with Gasteiger partial charge in [-0.25, -0.2) is 0 Å². The SMILES string of the molecule is CC(=O)NCC(=O)NCCOCC(=O)N[C@@H](Cc1ccc(C(C)=O)cc1)C(=O)N[C@H](CCCNC(=N)N)C(=O)N[C@H](CCCNC(=N)N)C(=O)N[C@H](CCCNC(=N)N)C(=O)N[C@H](CCCNC(=N)N)C(=O)N[C@H](CCCNC(=N)N)C(=O)N[C@H](CCCNC(=N)N)C(=O)N[C@H](CCCNC(=N)N)C(=O)N[C@H](CCCNC(=N)N)C(=O)N[C@H](CS)C(N)=O. The van der Waals surface area contributed by atoms with E-state index in [9.17, 15) is 52.7 Å². The van der Waals surface area contributed by atoms with Crippen LogP contribution >= 0.6 is 12.6 Å². The summed E-state index contributed by atoms with van der Waals surface area (Å²) in [5, 5.41) is 113. The van der Waals surface area contributed by atoms with Crippen molar-refractivity contribution in [2.24, 2.45) is 51.6 Å². The van der Waals surface area contributed by atoms with Crippen molar-refractivity contribution in [2.45, 2.75) is 183 Å². The average molecular weight is 1760 g/mol. The van der Waals surface area contributed by atoms with Crippen LogP contribution in [-0.4, -0.2) is 275 Å². The number of nitrogens with two attached hydrogens (primary N) is 9. The lowest BCUT2D eigenvalue weighted by atomic mass is 10.0. The first-order valence-corrected chi connectivity index (χ1v) is 40.0. The Hall–Kier alpha value is -13.5. The molecule has 1 aromatic rings. The first-order valence-electron chi connectivity index (χ1n) is 39.4. The minimum absolute atomic E-state index is 0.00456. The van der Waals surface area contributed by atoms with Crippen LogP contribution in [0.5, 0.6) is 0 Å². The summed E-state index contributed by atoms with van der Waals surface area (Å²) in [6, 6.07) is -9.41. The highest BCUT2D eigenvalue weighted by atomic mass is 32.1. The lowest BCUT2D eigenvalue weighted by molar-refractivity contribution is -0.136. The van der Waals surface area contributed by atoms with Crippen LogP contribution in [0.1, 0.15) is 133 Å². The van der Waals surface area contributed by atoms with Crippen molar-refractivity contribution in [3.05, 3.63) is 35.4 Å². The van der Waals surface area contributed by atoms with Gasteiger partial charge in [-0.05, 0) is 115 Å². The molecule has 0 aliphatic carbocycles. The smallest absolute Gasteiger partial charge is 0.246 e. The molecule has 0 aromatic heterocycles. The Labute approximate surface area is 716 Å². The topological polar surface area (TPSA) is 914 Å². The summed E-state index contributed by atoms with van der Waals surface area (Å²) in [5.41, 5.74) is 50.7. The average Bonchev–Trinajstić information content (AvgIpc) is 0.855. The molecule has 53 heteroatoms. The van der Waals surface area contributed by atoms with E-state index in [4.69, 9.17) is 99.6 Å². The molecule has 0 heterocycles. The molecule has 46 N–H and O–H groups in total. The summed E-state index contributed by atoms with van der Waals surface area (Å²) in [7, 11) is 0. The zero-order valence-corrected chi connectivity index (χ0v) is 70.0. The molecule has 0 unspecified atom stereocenters. The lowest BCUT2D eigenvalue weighted by Gasteiger charge is -2.29. The van der Waals surface area contributed by atoms with Crippen molar-refractivity contribution in [1.29, 1.82) is 43.3 Å². The molecular weight excluding hydrogens is 1630 g/mol. The molecule has 123 heavy (non-hydrogen) atoms.